The Morgan fingerprint density at radius 1 is 1.15 bits per heavy atom. The number of aryl methyl sites for hydroxylation is 1. The largest absolute Gasteiger partial charge is 0.496 e. The summed E-state index contributed by atoms with van der Waals surface area (Å²) in [4.78, 5) is 5.90. The van der Waals surface area contributed by atoms with Crippen LogP contribution in [0.3, 0.4) is 0 Å². The molecule has 0 aliphatic carbocycles. The van der Waals surface area contributed by atoms with Gasteiger partial charge in [-0.15, -0.1) is 11.3 Å². The number of thiazole rings is 1. The van der Waals surface area contributed by atoms with E-state index in [2.05, 4.69) is 16.4 Å². The van der Waals surface area contributed by atoms with E-state index in [9.17, 15) is 0 Å². The van der Waals surface area contributed by atoms with Gasteiger partial charge in [0.1, 0.15) is 5.75 Å². The summed E-state index contributed by atoms with van der Waals surface area (Å²) < 4.78 is 16.2. The van der Waals surface area contributed by atoms with Crippen molar-refractivity contribution in [2.24, 2.45) is 0 Å². The topological polar surface area (TPSA) is 52.6 Å². The summed E-state index contributed by atoms with van der Waals surface area (Å²) in [5.41, 5.74) is 3.35. The van der Waals surface area contributed by atoms with E-state index in [1.165, 1.54) is 10.4 Å². The lowest BCUT2D eigenvalue weighted by Gasteiger charge is -2.07. The Kier molecular flexibility index (Phi) is 4.67. The monoisotopic (exact) mass is 368 g/mol. The van der Waals surface area contributed by atoms with Crippen LogP contribution in [0, 0.1) is 6.92 Å². The molecule has 0 spiro atoms. The predicted octanol–water partition coefficient (Wildman–Crippen LogP) is 4.39. The molecule has 2 aromatic carbocycles. The van der Waals surface area contributed by atoms with Crippen LogP contribution < -0.4 is 19.5 Å². The van der Waals surface area contributed by atoms with E-state index in [0.717, 1.165) is 40.1 Å². The number of hydrogen-bond donors (Lipinski definition) is 1. The van der Waals surface area contributed by atoms with Gasteiger partial charge >= 0.3 is 0 Å². The highest BCUT2D eigenvalue weighted by Crippen LogP contribution is 2.33. The Morgan fingerprint density at radius 3 is 2.88 bits per heavy atom. The molecule has 0 saturated carbocycles. The summed E-state index contributed by atoms with van der Waals surface area (Å²) in [5, 5.41) is 4.33. The fraction of sp³-hybridized carbons (Fsp3) is 0.250. The van der Waals surface area contributed by atoms with Gasteiger partial charge in [-0.25, -0.2) is 4.98 Å². The number of hydrogen-bond acceptors (Lipinski definition) is 6. The third-order valence-electron chi connectivity index (χ3n) is 4.32. The van der Waals surface area contributed by atoms with Crippen LogP contribution >= 0.6 is 11.3 Å². The highest BCUT2D eigenvalue weighted by Gasteiger charge is 2.14. The van der Waals surface area contributed by atoms with Crippen molar-refractivity contribution in [2.45, 2.75) is 19.9 Å². The van der Waals surface area contributed by atoms with E-state index in [-0.39, 0.29) is 0 Å². The molecule has 4 rings (SSSR count). The molecule has 1 aromatic heterocycles. The predicted molar refractivity (Wildman–Crippen MR) is 103 cm³/mol. The summed E-state index contributed by atoms with van der Waals surface area (Å²) >= 11 is 1.68. The number of aromatic nitrogens is 1. The smallest absolute Gasteiger partial charge is 0.231 e. The van der Waals surface area contributed by atoms with Gasteiger partial charge in [0.05, 0.1) is 12.8 Å². The minimum absolute atomic E-state index is 0.296. The number of fused-ring (bicyclic) bond motifs is 1. The average Bonchev–Trinajstić information content (AvgIpc) is 3.26. The normalized spacial score (nSPS) is 12.2. The van der Waals surface area contributed by atoms with Crippen molar-refractivity contribution < 1.29 is 14.2 Å². The van der Waals surface area contributed by atoms with Crippen molar-refractivity contribution in [2.75, 3.05) is 19.2 Å². The van der Waals surface area contributed by atoms with Crippen LogP contribution in [0.5, 0.6) is 17.2 Å². The second-order valence-corrected chi connectivity index (χ2v) is 7.14. The lowest BCUT2D eigenvalue weighted by Crippen LogP contribution is -1.98. The van der Waals surface area contributed by atoms with Gasteiger partial charge < -0.3 is 19.5 Å². The molecule has 0 atom stereocenters. The minimum Gasteiger partial charge on any atom is -0.496 e. The summed E-state index contributed by atoms with van der Waals surface area (Å²) in [5.74, 6) is 2.52. The van der Waals surface area contributed by atoms with E-state index >= 15 is 0 Å². The highest BCUT2D eigenvalue weighted by atomic mass is 32.1. The van der Waals surface area contributed by atoms with Crippen LogP contribution in [0.25, 0.3) is 0 Å². The molecule has 5 nitrogen and oxygen atoms in total. The first-order valence-electron chi connectivity index (χ1n) is 8.43. The Labute approximate surface area is 156 Å². The molecule has 1 N–H and O–H groups in total. The SMILES string of the molecule is COc1ccccc1Cc1sc(NCc2ccc3c(c2)OCO3)nc1C. The summed E-state index contributed by atoms with van der Waals surface area (Å²) in [6.07, 6.45) is 0.819. The molecule has 2 heterocycles. The first kappa shape index (κ1) is 16.7. The molecule has 1 aliphatic rings. The first-order valence-corrected chi connectivity index (χ1v) is 9.25. The van der Waals surface area contributed by atoms with Crippen LogP contribution in [0.4, 0.5) is 5.13 Å². The number of methoxy groups -OCH3 is 1. The zero-order valence-corrected chi connectivity index (χ0v) is 15.6. The number of anilines is 1. The maximum Gasteiger partial charge on any atom is 0.231 e. The zero-order valence-electron chi connectivity index (χ0n) is 14.7. The zero-order chi connectivity index (χ0) is 17.9. The van der Waals surface area contributed by atoms with E-state index in [1.54, 1.807) is 18.4 Å². The number of rotatable bonds is 6. The molecule has 0 radical (unpaired) electrons. The number of nitrogens with zero attached hydrogens (tertiary/aromatic N) is 1. The summed E-state index contributed by atoms with van der Waals surface area (Å²) in [7, 11) is 1.71. The highest BCUT2D eigenvalue weighted by molar-refractivity contribution is 7.15. The van der Waals surface area contributed by atoms with Gasteiger partial charge in [0.2, 0.25) is 6.79 Å². The van der Waals surface area contributed by atoms with Gasteiger partial charge in [-0.2, -0.15) is 0 Å². The van der Waals surface area contributed by atoms with Crippen molar-refractivity contribution >= 4 is 16.5 Å². The van der Waals surface area contributed by atoms with Crippen LogP contribution in [0.2, 0.25) is 0 Å². The molecule has 26 heavy (non-hydrogen) atoms. The van der Waals surface area contributed by atoms with Crippen LogP contribution in [-0.2, 0) is 13.0 Å². The third kappa shape index (κ3) is 3.46. The first-order chi connectivity index (χ1) is 12.7. The lowest BCUT2D eigenvalue weighted by molar-refractivity contribution is 0.174. The lowest BCUT2D eigenvalue weighted by atomic mass is 10.1. The molecule has 134 valence electrons. The van der Waals surface area contributed by atoms with Crippen molar-refractivity contribution in [1.82, 2.24) is 4.98 Å². The number of benzene rings is 2. The Hall–Kier alpha value is -2.73. The fourth-order valence-electron chi connectivity index (χ4n) is 2.92. The molecule has 0 fully saturated rings. The third-order valence-corrected chi connectivity index (χ3v) is 5.43. The van der Waals surface area contributed by atoms with Crippen LogP contribution in [0.15, 0.2) is 42.5 Å². The quantitative estimate of drug-likeness (QED) is 0.699. The molecular weight excluding hydrogens is 348 g/mol. The van der Waals surface area contributed by atoms with E-state index in [1.807, 2.05) is 43.3 Å². The van der Waals surface area contributed by atoms with E-state index in [0.29, 0.717) is 13.3 Å². The maximum absolute atomic E-state index is 5.45. The molecule has 0 unspecified atom stereocenters. The van der Waals surface area contributed by atoms with Crippen LogP contribution in [-0.4, -0.2) is 18.9 Å². The second-order valence-electron chi connectivity index (χ2n) is 6.06. The van der Waals surface area contributed by atoms with Gasteiger partial charge in [-0.1, -0.05) is 24.3 Å². The Morgan fingerprint density at radius 2 is 2.00 bits per heavy atom. The maximum atomic E-state index is 5.45. The van der Waals surface area contributed by atoms with Gasteiger partial charge in [0.15, 0.2) is 16.6 Å². The molecule has 1 aliphatic heterocycles. The Bertz CT molecular complexity index is 923. The fourth-order valence-corrected chi connectivity index (χ4v) is 3.90. The number of nitrogens with one attached hydrogen (secondary N) is 1. The summed E-state index contributed by atoms with van der Waals surface area (Å²) in [6.45, 7) is 3.04. The van der Waals surface area contributed by atoms with Crippen molar-refractivity contribution in [3.8, 4) is 17.2 Å². The van der Waals surface area contributed by atoms with Crippen LogP contribution in [0.1, 0.15) is 21.7 Å². The molecule has 0 amide bonds. The molecule has 0 bridgehead atoms. The van der Waals surface area contributed by atoms with Gasteiger partial charge in [-0.3, -0.25) is 0 Å². The average molecular weight is 368 g/mol. The Balaban J connectivity index is 1.45. The second kappa shape index (κ2) is 7.25. The van der Waals surface area contributed by atoms with Gasteiger partial charge in [-0.05, 0) is 36.2 Å². The van der Waals surface area contributed by atoms with Gasteiger partial charge in [0, 0.05) is 17.8 Å². The van der Waals surface area contributed by atoms with Crippen molar-refractivity contribution in [3.63, 3.8) is 0 Å². The molecule has 6 heteroatoms. The number of para-hydroxylation sites is 1. The van der Waals surface area contributed by atoms with Crippen molar-refractivity contribution in [3.05, 3.63) is 64.2 Å². The molecule has 3 aromatic rings. The van der Waals surface area contributed by atoms with E-state index < -0.39 is 0 Å². The molecular formula is C20H20N2O3S. The van der Waals surface area contributed by atoms with Crippen molar-refractivity contribution in [1.29, 1.82) is 0 Å². The number of ether oxygens (including phenoxy) is 3. The minimum atomic E-state index is 0.296. The van der Waals surface area contributed by atoms with Gasteiger partial charge in [0.25, 0.3) is 0 Å². The summed E-state index contributed by atoms with van der Waals surface area (Å²) in [6, 6.07) is 14.1. The molecule has 0 saturated heterocycles. The standard InChI is InChI=1S/C20H20N2O3S/c1-13-19(10-15-5-3-4-6-16(15)23-2)26-20(22-13)21-11-14-7-8-17-18(9-14)25-12-24-17/h3-9H,10-12H2,1-2H3,(H,21,22). The van der Waals surface area contributed by atoms with E-state index in [4.69, 9.17) is 14.2 Å².